The van der Waals surface area contributed by atoms with Crippen LogP contribution in [0.2, 0.25) is 0 Å². The van der Waals surface area contributed by atoms with Gasteiger partial charge in [0.05, 0.1) is 4.92 Å². The first kappa shape index (κ1) is 11.5. The molecule has 1 rings (SSSR count). The summed E-state index contributed by atoms with van der Waals surface area (Å²) in [5.41, 5.74) is 6.13. The maximum Gasteiger partial charge on any atom is 0.272 e. The van der Waals surface area contributed by atoms with Crippen LogP contribution in [0.4, 0.5) is 5.69 Å². The highest BCUT2D eigenvalue weighted by molar-refractivity contribution is 5.44. The molecule has 0 amide bonds. The third kappa shape index (κ3) is 3.21. The van der Waals surface area contributed by atoms with Crippen LogP contribution in [0.1, 0.15) is 18.9 Å². The summed E-state index contributed by atoms with van der Waals surface area (Å²) < 4.78 is 0. The molecule has 82 valence electrons. The van der Waals surface area contributed by atoms with Gasteiger partial charge in [0.1, 0.15) is 5.75 Å². The number of nitrogens with zero attached hydrogens (tertiary/aromatic N) is 1. The van der Waals surface area contributed by atoms with Crippen LogP contribution in [-0.4, -0.2) is 16.1 Å². The monoisotopic (exact) mass is 210 g/mol. The third-order valence-electron chi connectivity index (χ3n) is 2.13. The Bertz CT molecular complexity index is 364. The molecule has 1 aromatic rings. The Morgan fingerprint density at radius 2 is 2.27 bits per heavy atom. The highest BCUT2D eigenvalue weighted by Crippen LogP contribution is 2.24. The van der Waals surface area contributed by atoms with Crippen molar-refractivity contribution in [3.63, 3.8) is 0 Å². The van der Waals surface area contributed by atoms with Crippen molar-refractivity contribution in [3.05, 3.63) is 33.9 Å². The molecule has 1 aromatic carbocycles. The molecule has 0 aliphatic rings. The lowest BCUT2D eigenvalue weighted by atomic mass is 10.0. The van der Waals surface area contributed by atoms with Crippen molar-refractivity contribution in [2.45, 2.75) is 25.8 Å². The summed E-state index contributed by atoms with van der Waals surface area (Å²) in [6, 6.07) is 4.03. The number of phenols is 1. The zero-order valence-corrected chi connectivity index (χ0v) is 8.51. The lowest BCUT2D eigenvalue weighted by Crippen LogP contribution is -2.15. The number of nitro benzene ring substituents is 1. The smallest absolute Gasteiger partial charge is 0.272 e. The minimum atomic E-state index is -0.448. The molecule has 0 bridgehead atoms. The summed E-state index contributed by atoms with van der Waals surface area (Å²) in [5.74, 6) is 0.0419. The van der Waals surface area contributed by atoms with E-state index in [2.05, 4.69) is 0 Å². The lowest BCUT2D eigenvalue weighted by molar-refractivity contribution is -0.385. The second kappa shape index (κ2) is 4.75. The number of aryl methyl sites for hydroxylation is 1. The van der Waals surface area contributed by atoms with E-state index in [4.69, 9.17) is 5.73 Å². The molecule has 0 spiro atoms. The van der Waals surface area contributed by atoms with Gasteiger partial charge >= 0.3 is 0 Å². The van der Waals surface area contributed by atoms with Crippen LogP contribution in [0.15, 0.2) is 18.2 Å². The molecule has 1 unspecified atom stereocenters. The molecule has 0 radical (unpaired) electrons. The second-order valence-corrected chi connectivity index (χ2v) is 3.59. The van der Waals surface area contributed by atoms with Crippen LogP contribution in [0.25, 0.3) is 0 Å². The first-order valence-electron chi connectivity index (χ1n) is 4.72. The molecule has 1 atom stereocenters. The quantitative estimate of drug-likeness (QED) is 0.583. The normalized spacial score (nSPS) is 12.4. The molecule has 0 saturated carbocycles. The fourth-order valence-corrected chi connectivity index (χ4v) is 1.33. The molecule has 3 N–H and O–H groups in total. The van der Waals surface area contributed by atoms with Gasteiger partial charge < -0.3 is 10.8 Å². The summed E-state index contributed by atoms with van der Waals surface area (Å²) in [6.07, 6.45) is 1.16. The minimum absolute atomic E-state index is 0.00745. The van der Waals surface area contributed by atoms with Crippen molar-refractivity contribution in [1.82, 2.24) is 0 Å². The number of nitro groups is 1. The van der Waals surface area contributed by atoms with E-state index in [0.717, 1.165) is 0 Å². The standard InChI is InChI=1S/C10H14N2O3/c1-7(11)2-3-8-6-9(13)4-5-10(8)12(14)15/h4-7,13H,2-3,11H2,1H3. The van der Waals surface area contributed by atoms with Crippen molar-refractivity contribution in [2.75, 3.05) is 0 Å². The van der Waals surface area contributed by atoms with Gasteiger partial charge in [-0.3, -0.25) is 10.1 Å². The van der Waals surface area contributed by atoms with Gasteiger partial charge in [-0.05, 0) is 31.9 Å². The van der Waals surface area contributed by atoms with E-state index >= 15 is 0 Å². The van der Waals surface area contributed by atoms with Gasteiger partial charge in [0.15, 0.2) is 0 Å². The van der Waals surface area contributed by atoms with E-state index in [1.165, 1.54) is 18.2 Å². The van der Waals surface area contributed by atoms with Gasteiger partial charge in [-0.2, -0.15) is 0 Å². The van der Waals surface area contributed by atoms with Crippen LogP contribution in [0.5, 0.6) is 5.75 Å². The molecule has 0 aliphatic heterocycles. The number of hydrogen-bond acceptors (Lipinski definition) is 4. The maximum absolute atomic E-state index is 10.7. The van der Waals surface area contributed by atoms with Crippen molar-refractivity contribution < 1.29 is 10.0 Å². The van der Waals surface area contributed by atoms with Crippen LogP contribution >= 0.6 is 0 Å². The number of rotatable bonds is 4. The van der Waals surface area contributed by atoms with E-state index in [1.54, 1.807) is 0 Å². The number of benzene rings is 1. The van der Waals surface area contributed by atoms with Gasteiger partial charge in [0, 0.05) is 17.7 Å². The van der Waals surface area contributed by atoms with Gasteiger partial charge in [-0.1, -0.05) is 0 Å². The summed E-state index contributed by atoms with van der Waals surface area (Å²) in [4.78, 5) is 10.2. The Morgan fingerprint density at radius 3 is 2.80 bits per heavy atom. The van der Waals surface area contributed by atoms with Crippen LogP contribution in [-0.2, 0) is 6.42 Å². The predicted octanol–water partition coefficient (Wildman–Crippen LogP) is 1.58. The van der Waals surface area contributed by atoms with E-state index in [1.807, 2.05) is 6.92 Å². The zero-order chi connectivity index (χ0) is 11.4. The average Bonchev–Trinajstić information content (AvgIpc) is 2.14. The van der Waals surface area contributed by atoms with E-state index in [-0.39, 0.29) is 17.5 Å². The molecule has 0 heterocycles. The number of aromatic hydroxyl groups is 1. The van der Waals surface area contributed by atoms with Crippen LogP contribution in [0, 0.1) is 10.1 Å². The Morgan fingerprint density at radius 1 is 1.60 bits per heavy atom. The number of nitrogens with two attached hydrogens (primary N) is 1. The molecule has 0 saturated heterocycles. The molecular weight excluding hydrogens is 196 g/mol. The Labute approximate surface area is 87.7 Å². The van der Waals surface area contributed by atoms with Crippen LogP contribution in [0.3, 0.4) is 0 Å². The van der Waals surface area contributed by atoms with Crippen molar-refractivity contribution in [1.29, 1.82) is 0 Å². The summed E-state index contributed by atoms with van der Waals surface area (Å²) in [5, 5.41) is 19.9. The van der Waals surface area contributed by atoms with Gasteiger partial charge in [-0.15, -0.1) is 0 Å². The average molecular weight is 210 g/mol. The first-order valence-corrected chi connectivity index (χ1v) is 4.72. The number of phenolic OH excluding ortho intramolecular Hbond substituents is 1. The molecular formula is C10H14N2O3. The Kier molecular flexibility index (Phi) is 3.62. The summed E-state index contributed by atoms with van der Waals surface area (Å²) >= 11 is 0. The van der Waals surface area contributed by atoms with Crippen LogP contribution < -0.4 is 5.73 Å². The van der Waals surface area contributed by atoms with E-state index in [0.29, 0.717) is 18.4 Å². The van der Waals surface area contributed by atoms with E-state index < -0.39 is 4.92 Å². The maximum atomic E-state index is 10.7. The fraction of sp³-hybridized carbons (Fsp3) is 0.400. The highest BCUT2D eigenvalue weighted by Gasteiger charge is 2.14. The minimum Gasteiger partial charge on any atom is -0.508 e. The Hall–Kier alpha value is -1.62. The first-order chi connectivity index (χ1) is 7.00. The third-order valence-corrected chi connectivity index (χ3v) is 2.13. The fourth-order valence-electron chi connectivity index (χ4n) is 1.33. The van der Waals surface area contributed by atoms with E-state index in [9.17, 15) is 15.2 Å². The van der Waals surface area contributed by atoms with Gasteiger partial charge in [0.25, 0.3) is 5.69 Å². The molecule has 0 aliphatic carbocycles. The molecule has 15 heavy (non-hydrogen) atoms. The van der Waals surface area contributed by atoms with Crippen molar-refractivity contribution in [3.8, 4) is 5.75 Å². The van der Waals surface area contributed by atoms with Crippen molar-refractivity contribution in [2.24, 2.45) is 5.73 Å². The zero-order valence-electron chi connectivity index (χ0n) is 8.51. The molecule has 0 aromatic heterocycles. The lowest BCUT2D eigenvalue weighted by Gasteiger charge is -2.06. The highest BCUT2D eigenvalue weighted by atomic mass is 16.6. The summed E-state index contributed by atoms with van der Waals surface area (Å²) in [6.45, 7) is 1.84. The second-order valence-electron chi connectivity index (χ2n) is 3.59. The Balaban J connectivity index is 2.92. The predicted molar refractivity (Wildman–Crippen MR) is 56.7 cm³/mol. The summed E-state index contributed by atoms with van der Waals surface area (Å²) in [7, 11) is 0. The topological polar surface area (TPSA) is 89.4 Å². The molecule has 5 nitrogen and oxygen atoms in total. The van der Waals surface area contributed by atoms with Gasteiger partial charge in [-0.25, -0.2) is 0 Å². The van der Waals surface area contributed by atoms with Crippen molar-refractivity contribution >= 4 is 5.69 Å². The van der Waals surface area contributed by atoms with Gasteiger partial charge in [0.2, 0.25) is 0 Å². The SMILES string of the molecule is CC(N)CCc1cc(O)ccc1[N+](=O)[O-]. The molecule has 0 fully saturated rings. The number of hydrogen-bond donors (Lipinski definition) is 2. The molecule has 5 heteroatoms. The largest absolute Gasteiger partial charge is 0.508 e.